The van der Waals surface area contributed by atoms with Crippen molar-refractivity contribution in [1.82, 2.24) is 20.3 Å². The quantitative estimate of drug-likeness (QED) is 0.659. The Morgan fingerprint density at radius 1 is 0.864 bits per heavy atom. The SMILES string of the molecule is CCOC(=O)Cc1nc(-c2noc(CC(=O)OCC)n2)no1. The first-order chi connectivity index (χ1) is 10.6. The minimum atomic E-state index is -0.478. The van der Waals surface area contributed by atoms with Crippen molar-refractivity contribution in [3.63, 3.8) is 0 Å². The van der Waals surface area contributed by atoms with E-state index >= 15 is 0 Å². The van der Waals surface area contributed by atoms with Crippen molar-refractivity contribution in [2.24, 2.45) is 0 Å². The first-order valence-corrected chi connectivity index (χ1v) is 6.59. The van der Waals surface area contributed by atoms with E-state index in [1.807, 2.05) is 0 Å². The summed E-state index contributed by atoms with van der Waals surface area (Å²) in [6.07, 6.45) is -0.289. The van der Waals surface area contributed by atoms with Crippen LogP contribution in [-0.2, 0) is 31.9 Å². The molecule has 0 aliphatic heterocycles. The summed E-state index contributed by atoms with van der Waals surface area (Å²) in [4.78, 5) is 30.5. The summed E-state index contributed by atoms with van der Waals surface area (Å²) < 4.78 is 19.3. The summed E-state index contributed by atoms with van der Waals surface area (Å²) >= 11 is 0. The topological polar surface area (TPSA) is 130 Å². The monoisotopic (exact) mass is 310 g/mol. The van der Waals surface area contributed by atoms with E-state index in [2.05, 4.69) is 20.3 Å². The number of carbonyl (C=O) groups excluding carboxylic acids is 2. The second kappa shape index (κ2) is 7.29. The molecule has 0 saturated heterocycles. The van der Waals surface area contributed by atoms with Gasteiger partial charge in [-0.2, -0.15) is 9.97 Å². The lowest BCUT2D eigenvalue weighted by molar-refractivity contribution is -0.143. The number of rotatable bonds is 7. The van der Waals surface area contributed by atoms with Crippen molar-refractivity contribution in [1.29, 1.82) is 0 Å². The normalized spacial score (nSPS) is 10.5. The van der Waals surface area contributed by atoms with Crippen molar-refractivity contribution in [2.75, 3.05) is 13.2 Å². The number of hydrogen-bond acceptors (Lipinski definition) is 10. The maximum absolute atomic E-state index is 11.3. The molecule has 0 amide bonds. The van der Waals surface area contributed by atoms with Crippen LogP contribution in [0.25, 0.3) is 11.6 Å². The molecule has 0 atom stereocenters. The van der Waals surface area contributed by atoms with Gasteiger partial charge in [-0.3, -0.25) is 9.59 Å². The van der Waals surface area contributed by atoms with Gasteiger partial charge in [0.1, 0.15) is 12.8 Å². The van der Waals surface area contributed by atoms with E-state index in [0.717, 1.165) is 0 Å². The number of esters is 2. The van der Waals surface area contributed by atoms with Crippen LogP contribution in [0, 0.1) is 0 Å². The predicted molar refractivity (Wildman–Crippen MR) is 68.3 cm³/mol. The lowest BCUT2D eigenvalue weighted by Gasteiger charge is -1.96. The summed E-state index contributed by atoms with van der Waals surface area (Å²) in [5.41, 5.74) is 0. The Morgan fingerprint density at radius 2 is 1.27 bits per heavy atom. The number of hydrogen-bond donors (Lipinski definition) is 0. The molecule has 10 nitrogen and oxygen atoms in total. The van der Waals surface area contributed by atoms with Crippen LogP contribution in [-0.4, -0.2) is 45.4 Å². The minimum absolute atomic E-state index is 0.0538. The van der Waals surface area contributed by atoms with Gasteiger partial charge in [0, 0.05) is 0 Å². The summed E-state index contributed by atoms with van der Waals surface area (Å²) in [6.45, 7) is 3.92. The summed E-state index contributed by atoms with van der Waals surface area (Å²) in [7, 11) is 0. The highest BCUT2D eigenvalue weighted by atomic mass is 16.5. The molecule has 2 aromatic rings. The largest absolute Gasteiger partial charge is 0.466 e. The van der Waals surface area contributed by atoms with Crippen LogP contribution < -0.4 is 0 Å². The Bertz CT molecular complexity index is 593. The van der Waals surface area contributed by atoms with Crippen LogP contribution in [0.15, 0.2) is 9.05 Å². The summed E-state index contributed by atoms with van der Waals surface area (Å²) in [5, 5.41) is 7.27. The van der Waals surface area contributed by atoms with Crippen LogP contribution in [0.5, 0.6) is 0 Å². The molecule has 10 heteroatoms. The fourth-order valence-electron chi connectivity index (χ4n) is 1.51. The standard InChI is InChI=1S/C12H14N4O6/c1-3-19-9(17)5-7-13-11(15-21-7)12-14-8(22-16-12)6-10(18)20-4-2/h3-6H2,1-2H3. The average Bonchev–Trinajstić information content (AvgIpc) is 3.08. The van der Waals surface area contributed by atoms with Crippen LogP contribution in [0.1, 0.15) is 25.6 Å². The summed E-state index contributed by atoms with van der Waals surface area (Å²) in [5.74, 6) is -0.700. The Morgan fingerprint density at radius 3 is 1.64 bits per heavy atom. The number of ether oxygens (including phenoxy) is 2. The molecule has 0 spiro atoms. The Kier molecular flexibility index (Phi) is 5.17. The van der Waals surface area contributed by atoms with E-state index in [-0.39, 0.29) is 49.5 Å². The van der Waals surface area contributed by atoms with Crippen LogP contribution in [0.2, 0.25) is 0 Å². The highest BCUT2D eigenvalue weighted by Crippen LogP contribution is 2.13. The maximum atomic E-state index is 11.3. The van der Waals surface area contributed by atoms with Gasteiger partial charge in [0.05, 0.1) is 13.2 Å². The van der Waals surface area contributed by atoms with Crippen molar-refractivity contribution >= 4 is 11.9 Å². The first-order valence-electron chi connectivity index (χ1n) is 6.59. The molecule has 2 rings (SSSR count). The maximum Gasteiger partial charge on any atom is 0.315 e. The highest BCUT2D eigenvalue weighted by Gasteiger charge is 2.19. The predicted octanol–water partition coefficient (Wildman–Crippen LogP) is 0.331. The minimum Gasteiger partial charge on any atom is -0.466 e. The number of aromatic nitrogens is 4. The Hall–Kier alpha value is -2.78. The third kappa shape index (κ3) is 4.11. The summed E-state index contributed by atoms with van der Waals surface area (Å²) in [6, 6.07) is 0. The van der Waals surface area contributed by atoms with Crippen molar-refractivity contribution in [3.05, 3.63) is 11.8 Å². The van der Waals surface area contributed by atoms with E-state index in [4.69, 9.17) is 18.5 Å². The van der Waals surface area contributed by atoms with Gasteiger partial charge in [0.15, 0.2) is 0 Å². The van der Waals surface area contributed by atoms with Crippen LogP contribution in [0.3, 0.4) is 0 Å². The second-order valence-corrected chi connectivity index (χ2v) is 3.99. The van der Waals surface area contributed by atoms with E-state index in [9.17, 15) is 9.59 Å². The van der Waals surface area contributed by atoms with Crippen molar-refractivity contribution < 1.29 is 28.1 Å². The molecule has 0 radical (unpaired) electrons. The molecular formula is C12H14N4O6. The van der Waals surface area contributed by atoms with Gasteiger partial charge in [0.2, 0.25) is 23.4 Å². The van der Waals surface area contributed by atoms with E-state index in [1.54, 1.807) is 13.8 Å². The van der Waals surface area contributed by atoms with Gasteiger partial charge in [-0.05, 0) is 13.8 Å². The lowest BCUT2D eigenvalue weighted by Crippen LogP contribution is -2.07. The van der Waals surface area contributed by atoms with Crippen LogP contribution >= 0.6 is 0 Å². The molecule has 2 heterocycles. The Labute approximate surface area is 124 Å². The molecule has 0 N–H and O–H groups in total. The van der Waals surface area contributed by atoms with E-state index in [1.165, 1.54) is 0 Å². The second-order valence-electron chi connectivity index (χ2n) is 3.99. The Balaban J connectivity index is 2.00. The highest BCUT2D eigenvalue weighted by molar-refractivity contribution is 5.71. The molecule has 22 heavy (non-hydrogen) atoms. The molecule has 0 unspecified atom stereocenters. The molecule has 0 aliphatic carbocycles. The third-order valence-electron chi connectivity index (χ3n) is 2.34. The average molecular weight is 310 g/mol. The third-order valence-corrected chi connectivity index (χ3v) is 2.34. The fourth-order valence-corrected chi connectivity index (χ4v) is 1.51. The molecule has 0 fully saturated rings. The zero-order valence-electron chi connectivity index (χ0n) is 12.1. The molecule has 2 aromatic heterocycles. The zero-order chi connectivity index (χ0) is 15.9. The molecular weight excluding hydrogens is 296 g/mol. The zero-order valence-corrected chi connectivity index (χ0v) is 12.1. The molecule has 0 aromatic carbocycles. The smallest absolute Gasteiger partial charge is 0.315 e. The van der Waals surface area contributed by atoms with Gasteiger partial charge < -0.3 is 18.5 Å². The van der Waals surface area contributed by atoms with Gasteiger partial charge >= 0.3 is 11.9 Å². The molecule has 0 bridgehead atoms. The van der Waals surface area contributed by atoms with Gasteiger partial charge in [0.25, 0.3) is 0 Å². The number of carbonyl (C=O) groups is 2. The van der Waals surface area contributed by atoms with E-state index < -0.39 is 11.9 Å². The fraction of sp³-hybridized carbons (Fsp3) is 0.500. The van der Waals surface area contributed by atoms with Gasteiger partial charge in [-0.1, -0.05) is 10.3 Å². The molecule has 0 saturated carbocycles. The number of nitrogens with zero attached hydrogens (tertiary/aromatic N) is 4. The van der Waals surface area contributed by atoms with E-state index in [0.29, 0.717) is 0 Å². The van der Waals surface area contributed by atoms with Gasteiger partial charge in [-0.15, -0.1) is 0 Å². The first kappa shape index (κ1) is 15.6. The molecule has 0 aliphatic rings. The van der Waals surface area contributed by atoms with Gasteiger partial charge in [-0.25, -0.2) is 0 Å². The molecule has 118 valence electrons. The van der Waals surface area contributed by atoms with Crippen LogP contribution in [0.4, 0.5) is 0 Å². The lowest BCUT2D eigenvalue weighted by atomic mass is 10.4. The van der Waals surface area contributed by atoms with Crippen molar-refractivity contribution in [3.8, 4) is 11.6 Å². The van der Waals surface area contributed by atoms with Crippen molar-refractivity contribution in [2.45, 2.75) is 26.7 Å².